The number of carbonyl (C=O) groups is 1. The van der Waals surface area contributed by atoms with Gasteiger partial charge in [0.2, 0.25) is 5.91 Å². The third kappa shape index (κ3) is 4.80. The maximum absolute atomic E-state index is 12.7. The summed E-state index contributed by atoms with van der Waals surface area (Å²) in [7, 11) is 0. The smallest absolute Gasteiger partial charge is 0.271 e. The average Bonchev–Trinajstić information content (AvgIpc) is 2.77. The molecule has 7 heteroatoms. The van der Waals surface area contributed by atoms with Crippen molar-refractivity contribution in [3.8, 4) is 5.69 Å². The summed E-state index contributed by atoms with van der Waals surface area (Å²) in [5.74, 6) is 0.726. The molecule has 0 spiro atoms. The molecule has 1 saturated heterocycles. The zero-order chi connectivity index (χ0) is 22.0. The van der Waals surface area contributed by atoms with E-state index < -0.39 is 0 Å². The molecule has 0 saturated carbocycles. The highest BCUT2D eigenvalue weighted by atomic mass is 35.5. The monoisotopic (exact) mass is 436 g/mol. The average molecular weight is 437 g/mol. The van der Waals surface area contributed by atoms with E-state index in [4.69, 9.17) is 11.6 Å². The minimum absolute atomic E-state index is 0.0447. The molecule has 4 rings (SSSR count). The second-order valence-electron chi connectivity index (χ2n) is 7.97. The van der Waals surface area contributed by atoms with Crippen LogP contribution in [-0.4, -0.2) is 28.8 Å². The number of piperidine rings is 1. The van der Waals surface area contributed by atoms with Gasteiger partial charge in [-0.05, 0) is 74.2 Å². The molecule has 1 aromatic heterocycles. The summed E-state index contributed by atoms with van der Waals surface area (Å²) in [6.07, 6.45) is 1.46. The van der Waals surface area contributed by atoms with Crippen molar-refractivity contribution in [2.24, 2.45) is 5.92 Å². The standard InChI is InChI=1S/C24H25ClN4O2/c1-16-6-7-20(14-17(16)2)26-24(31)18-10-12-28(13-11-18)22-8-9-23(30)29(27-22)21-5-3-4-19(25)15-21/h3-9,14-15,18H,10-13H2,1-2H3,(H,26,31). The fourth-order valence-corrected chi connectivity index (χ4v) is 3.98. The van der Waals surface area contributed by atoms with Gasteiger partial charge in [-0.2, -0.15) is 4.68 Å². The molecule has 0 radical (unpaired) electrons. The van der Waals surface area contributed by atoms with Crippen LogP contribution >= 0.6 is 11.6 Å². The predicted molar refractivity (Wildman–Crippen MR) is 124 cm³/mol. The minimum Gasteiger partial charge on any atom is -0.355 e. The first kappa shape index (κ1) is 21.1. The normalized spacial score (nSPS) is 14.5. The molecule has 2 aromatic carbocycles. The van der Waals surface area contributed by atoms with Gasteiger partial charge in [0.15, 0.2) is 0 Å². The van der Waals surface area contributed by atoms with E-state index in [2.05, 4.69) is 22.2 Å². The van der Waals surface area contributed by atoms with Gasteiger partial charge in [0.05, 0.1) is 5.69 Å². The number of aromatic nitrogens is 2. The molecule has 1 aliphatic rings. The molecular weight excluding hydrogens is 412 g/mol. The Morgan fingerprint density at radius 1 is 1.03 bits per heavy atom. The Morgan fingerprint density at radius 2 is 1.81 bits per heavy atom. The van der Waals surface area contributed by atoms with Crippen LogP contribution < -0.4 is 15.8 Å². The van der Waals surface area contributed by atoms with Crippen LogP contribution in [0.5, 0.6) is 0 Å². The Labute approximate surface area is 186 Å². The largest absolute Gasteiger partial charge is 0.355 e. The van der Waals surface area contributed by atoms with E-state index in [-0.39, 0.29) is 17.4 Å². The maximum Gasteiger partial charge on any atom is 0.271 e. The molecule has 31 heavy (non-hydrogen) atoms. The molecular formula is C24H25ClN4O2. The summed E-state index contributed by atoms with van der Waals surface area (Å²) in [5, 5.41) is 8.13. The summed E-state index contributed by atoms with van der Waals surface area (Å²) in [6.45, 7) is 5.50. The van der Waals surface area contributed by atoms with Gasteiger partial charge in [-0.3, -0.25) is 9.59 Å². The van der Waals surface area contributed by atoms with Crippen LogP contribution in [-0.2, 0) is 4.79 Å². The molecule has 0 bridgehead atoms. The van der Waals surface area contributed by atoms with E-state index in [0.29, 0.717) is 29.6 Å². The first-order chi connectivity index (χ1) is 14.9. The number of aryl methyl sites for hydroxylation is 2. The summed E-state index contributed by atoms with van der Waals surface area (Å²) < 4.78 is 1.36. The van der Waals surface area contributed by atoms with Gasteiger partial charge in [-0.15, -0.1) is 5.10 Å². The lowest BCUT2D eigenvalue weighted by Gasteiger charge is -2.32. The summed E-state index contributed by atoms with van der Waals surface area (Å²) in [5.41, 5.74) is 3.62. The predicted octanol–water partition coefficient (Wildman–Crippen LogP) is 4.36. The Bertz CT molecular complexity index is 1170. The number of halogens is 1. The van der Waals surface area contributed by atoms with Gasteiger partial charge < -0.3 is 10.2 Å². The van der Waals surface area contributed by atoms with Crippen LogP contribution in [0, 0.1) is 19.8 Å². The quantitative estimate of drug-likeness (QED) is 0.660. The minimum atomic E-state index is -0.214. The Hall–Kier alpha value is -3.12. The first-order valence-corrected chi connectivity index (χ1v) is 10.8. The molecule has 2 heterocycles. The fraction of sp³-hybridized carbons (Fsp3) is 0.292. The second-order valence-corrected chi connectivity index (χ2v) is 8.41. The molecule has 0 unspecified atom stereocenters. The first-order valence-electron chi connectivity index (χ1n) is 10.4. The lowest BCUT2D eigenvalue weighted by Crippen LogP contribution is -2.39. The van der Waals surface area contributed by atoms with Gasteiger partial charge in [0, 0.05) is 35.8 Å². The molecule has 0 atom stereocenters. The van der Waals surface area contributed by atoms with E-state index in [1.165, 1.54) is 16.3 Å². The molecule has 1 aliphatic heterocycles. The summed E-state index contributed by atoms with van der Waals surface area (Å²) in [4.78, 5) is 27.1. The Kier molecular flexibility index (Phi) is 6.09. The number of nitrogens with zero attached hydrogens (tertiary/aromatic N) is 3. The van der Waals surface area contributed by atoms with Gasteiger partial charge in [-0.1, -0.05) is 23.7 Å². The van der Waals surface area contributed by atoms with Crippen molar-refractivity contribution in [1.82, 2.24) is 9.78 Å². The van der Waals surface area contributed by atoms with Gasteiger partial charge in [-0.25, -0.2) is 0 Å². The number of rotatable bonds is 4. The highest BCUT2D eigenvalue weighted by Crippen LogP contribution is 2.24. The summed E-state index contributed by atoms with van der Waals surface area (Å²) >= 11 is 6.06. The number of carbonyl (C=O) groups excluding carboxylic acids is 1. The second kappa shape index (κ2) is 8.94. The third-order valence-corrected chi connectivity index (χ3v) is 6.04. The Morgan fingerprint density at radius 3 is 2.52 bits per heavy atom. The molecule has 160 valence electrons. The zero-order valence-corrected chi connectivity index (χ0v) is 18.4. The van der Waals surface area contributed by atoms with Crippen LogP contribution in [0.2, 0.25) is 5.02 Å². The highest BCUT2D eigenvalue weighted by molar-refractivity contribution is 6.30. The lowest BCUT2D eigenvalue weighted by molar-refractivity contribution is -0.120. The van der Waals surface area contributed by atoms with Crippen molar-refractivity contribution in [1.29, 1.82) is 0 Å². The van der Waals surface area contributed by atoms with E-state index in [1.54, 1.807) is 30.3 Å². The maximum atomic E-state index is 12.7. The highest BCUT2D eigenvalue weighted by Gasteiger charge is 2.26. The van der Waals surface area contributed by atoms with Crippen molar-refractivity contribution in [2.75, 3.05) is 23.3 Å². The molecule has 0 aliphatic carbocycles. The SMILES string of the molecule is Cc1ccc(NC(=O)C2CCN(c3ccc(=O)n(-c4cccc(Cl)c4)n3)CC2)cc1C. The molecule has 1 N–H and O–H groups in total. The molecule has 1 fully saturated rings. The summed E-state index contributed by atoms with van der Waals surface area (Å²) in [6, 6.07) is 16.3. The van der Waals surface area contributed by atoms with E-state index in [9.17, 15) is 9.59 Å². The number of amides is 1. The number of nitrogens with one attached hydrogen (secondary N) is 1. The number of benzene rings is 2. The van der Waals surface area contributed by atoms with Gasteiger partial charge in [0.25, 0.3) is 5.56 Å². The van der Waals surface area contributed by atoms with Crippen LogP contribution in [0.1, 0.15) is 24.0 Å². The third-order valence-electron chi connectivity index (χ3n) is 5.80. The van der Waals surface area contributed by atoms with Crippen molar-refractivity contribution < 1.29 is 4.79 Å². The fourth-order valence-electron chi connectivity index (χ4n) is 3.80. The Balaban J connectivity index is 1.43. The number of anilines is 2. The van der Waals surface area contributed by atoms with Gasteiger partial charge >= 0.3 is 0 Å². The zero-order valence-electron chi connectivity index (χ0n) is 17.6. The van der Waals surface area contributed by atoms with Crippen LogP contribution in [0.4, 0.5) is 11.5 Å². The lowest BCUT2D eigenvalue weighted by atomic mass is 9.95. The van der Waals surface area contributed by atoms with E-state index >= 15 is 0 Å². The van der Waals surface area contributed by atoms with E-state index in [0.717, 1.165) is 24.1 Å². The topological polar surface area (TPSA) is 67.2 Å². The van der Waals surface area contributed by atoms with Crippen LogP contribution in [0.15, 0.2) is 59.4 Å². The molecule has 3 aromatic rings. The molecule has 6 nitrogen and oxygen atoms in total. The number of hydrogen-bond donors (Lipinski definition) is 1. The van der Waals surface area contributed by atoms with Crippen LogP contribution in [0.25, 0.3) is 5.69 Å². The van der Waals surface area contributed by atoms with Crippen molar-refractivity contribution >= 4 is 29.0 Å². The van der Waals surface area contributed by atoms with Gasteiger partial charge in [0.1, 0.15) is 5.82 Å². The van der Waals surface area contributed by atoms with E-state index in [1.807, 2.05) is 25.1 Å². The van der Waals surface area contributed by atoms with Crippen molar-refractivity contribution in [3.05, 3.63) is 81.1 Å². The van der Waals surface area contributed by atoms with Crippen molar-refractivity contribution in [3.63, 3.8) is 0 Å². The van der Waals surface area contributed by atoms with Crippen LogP contribution in [0.3, 0.4) is 0 Å². The number of hydrogen-bond acceptors (Lipinski definition) is 4. The van der Waals surface area contributed by atoms with Crippen molar-refractivity contribution in [2.45, 2.75) is 26.7 Å². The molecule has 1 amide bonds.